The predicted octanol–water partition coefficient (Wildman–Crippen LogP) is 5.78. The van der Waals surface area contributed by atoms with Crippen molar-refractivity contribution in [1.82, 2.24) is 24.8 Å². The zero-order chi connectivity index (χ0) is 24.3. The molecule has 5 aromatic rings. The summed E-state index contributed by atoms with van der Waals surface area (Å²) in [7, 11) is 0. The lowest BCUT2D eigenvalue weighted by Crippen LogP contribution is -2.32. The minimum atomic E-state index is -0.101. The van der Waals surface area contributed by atoms with Crippen LogP contribution in [0.4, 0.5) is 10.5 Å². The molecule has 2 amide bonds. The molecule has 0 radical (unpaired) electrons. The number of likely N-dealkylation sites (tertiary alicyclic amines) is 1. The Hall–Kier alpha value is -4.65. The van der Waals surface area contributed by atoms with Crippen molar-refractivity contribution in [2.75, 3.05) is 18.4 Å². The monoisotopic (exact) mass is 472 g/mol. The second-order valence-corrected chi connectivity index (χ2v) is 8.83. The first kappa shape index (κ1) is 21.9. The van der Waals surface area contributed by atoms with Gasteiger partial charge in [0.15, 0.2) is 0 Å². The second kappa shape index (κ2) is 9.54. The van der Waals surface area contributed by atoms with Gasteiger partial charge in [-0.1, -0.05) is 42.5 Å². The number of pyridine rings is 2. The first-order chi connectivity index (χ1) is 17.7. The van der Waals surface area contributed by atoms with Gasteiger partial charge in [-0.15, -0.1) is 0 Å². The van der Waals surface area contributed by atoms with Crippen LogP contribution in [-0.2, 0) is 0 Å². The van der Waals surface area contributed by atoms with Crippen molar-refractivity contribution in [2.24, 2.45) is 0 Å². The molecular weight excluding hydrogens is 448 g/mol. The van der Waals surface area contributed by atoms with Crippen LogP contribution in [0.1, 0.15) is 17.9 Å². The van der Waals surface area contributed by atoms with Crippen molar-refractivity contribution in [2.45, 2.75) is 12.3 Å². The highest BCUT2D eigenvalue weighted by Crippen LogP contribution is 2.30. The average Bonchev–Trinajstić information content (AvgIpc) is 3.45. The number of hydrogen-bond donors (Lipinski definition) is 1. The van der Waals surface area contributed by atoms with Crippen LogP contribution in [0.25, 0.3) is 33.8 Å². The standard InChI is InChI=1S/C29H24N6O/c36-29(35-17-14-21(19-35)20-8-2-1-3-9-20)32-22-12-13-23-26(18-22)34-28(25-11-5-7-16-31-25)27(33-23)24-10-4-6-15-30-24/h1-13,15-16,18,21H,14,17,19H2,(H,32,36). The van der Waals surface area contributed by atoms with Gasteiger partial charge in [0.25, 0.3) is 0 Å². The van der Waals surface area contributed by atoms with Crippen LogP contribution in [0.5, 0.6) is 0 Å². The Labute approximate surface area is 208 Å². The molecule has 0 bridgehead atoms. The molecule has 7 nitrogen and oxygen atoms in total. The minimum Gasteiger partial charge on any atom is -0.324 e. The number of fused-ring (bicyclic) bond motifs is 1. The fourth-order valence-electron chi connectivity index (χ4n) is 4.64. The first-order valence-electron chi connectivity index (χ1n) is 12.0. The molecule has 176 valence electrons. The smallest absolute Gasteiger partial charge is 0.321 e. The van der Waals surface area contributed by atoms with Gasteiger partial charge in [-0.3, -0.25) is 9.97 Å². The molecule has 1 atom stereocenters. The van der Waals surface area contributed by atoms with Crippen LogP contribution in [0.15, 0.2) is 97.3 Å². The number of aromatic nitrogens is 4. The highest BCUT2D eigenvalue weighted by atomic mass is 16.2. The summed E-state index contributed by atoms with van der Waals surface area (Å²) in [6.45, 7) is 1.44. The van der Waals surface area contributed by atoms with Gasteiger partial charge in [-0.05, 0) is 54.4 Å². The van der Waals surface area contributed by atoms with Crippen LogP contribution in [0.2, 0.25) is 0 Å². The molecule has 2 aromatic carbocycles. The number of amides is 2. The Morgan fingerprint density at radius 3 is 2.11 bits per heavy atom. The summed E-state index contributed by atoms with van der Waals surface area (Å²) in [5.41, 5.74) is 6.12. The van der Waals surface area contributed by atoms with E-state index in [9.17, 15) is 4.79 Å². The van der Waals surface area contributed by atoms with Crippen LogP contribution >= 0.6 is 0 Å². The van der Waals surface area contributed by atoms with E-state index in [-0.39, 0.29) is 6.03 Å². The minimum absolute atomic E-state index is 0.101. The van der Waals surface area contributed by atoms with Crippen LogP contribution in [0, 0.1) is 0 Å². The summed E-state index contributed by atoms with van der Waals surface area (Å²) in [5, 5.41) is 3.04. The van der Waals surface area contributed by atoms with E-state index < -0.39 is 0 Å². The van der Waals surface area contributed by atoms with E-state index in [4.69, 9.17) is 9.97 Å². The molecule has 7 heteroatoms. The normalized spacial score (nSPS) is 15.2. The Kier molecular flexibility index (Phi) is 5.79. The van der Waals surface area contributed by atoms with Gasteiger partial charge in [-0.25, -0.2) is 14.8 Å². The fourth-order valence-corrected chi connectivity index (χ4v) is 4.64. The summed E-state index contributed by atoms with van der Waals surface area (Å²) in [6, 6.07) is 27.3. The lowest BCUT2D eigenvalue weighted by molar-refractivity contribution is 0.222. The van der Waals surface area contributed by atoms with E-state index in [0.717, 1.165) is 24.2 Å². The third-order valence-electron chi connectivity index (χ3n) is 6.48. The molecule has 0 spiro atoms. The topological polar surface area (TPSA) is 83.9 Å². The Morgan fingerprint density at radius 2 is 1.44 bits per heavy atom. The Bertz CT molecular complexity index is 1510. The van der Waals surface area contributed by atoms with Crippen molar-refractivity contribution >= 4 is 22.8 Å². The third-order valence-corrected chi connectivity index (χ3v) is 6.48. The predicted molar refractivity (Wildman–Crippen MR) is 140 cm³/mol. The SMILES string of the molecule is O=C(Nc1ccc2nc(-c3ccccn3)c(-c3ccccn3)nc2c1)N1CCC(c2ccccc2)C1. The van der Waals surface area contributed by atoms with Gasteiger partial charge in [0, 0.05) is 37.1 Å². The Morgan fingerprint density at radius 1 is 0.778 bits per heavy atom. The van der Waals surface area contributed by atoms with Gasteiger partial charge in [-0.2, -0.15) is 0 Å². The number of hydrogen-bond acceptors (Lipinski definition) is 5. The van der Waals surface area contributed by atoms with Crippen molar-refractivity contribution in [3.05, 3.63) is 103 Å². The molecule has 1 N–H and O–H groups in total. The quantitative estimate of drug-likeness (QED) is 0.359. The molecule has 4 heterocycles. The molecule has 0 aliphatic carbocycles. The largest absolute Gasteiger partial charge is 0.324 e. The summed E-state index contributed by atoms with van der Waals surface area (Å²) >= 11 is 0. The number of carbonyl (C=O) groups is 1. The van der Waals surface area contributed by atoms with E-state index in [1.54, 1.807) is 12.4 Å². The van der Waals surface area contributed by atoms with E-state index >= 15 is 0 Å². The maximum Gasteiger partial charge on any atom is 0.321 e. The maximum atomic E-state index is 13.0. The van der Waals surface area contributed by atoms with Crippen molar-refractivity contribution in [1.29, 1.82) is 0 Å². The van der Waals surface area contributed by atoms with Gasteiger partial charge in [0.2, 0.25) is 0 Å². The molecule has 36 heavy (non-hydrogen) atoms. The number of rotatable bonds is 4. The van der Waals surface area contributed by atoms with E-state index in [1.165, 1.54) is 5.56 Å². The maximum absolute atomic E-state index is 13.0. The molecule has 1 fully saturated rings. The zero-order valence-electron chi connectivity index (χ0n) is 19.6. The highest BCUT2D eigenvalue weighted by molar-refractivity contribution is 5.93. The van der Waals surface area contributed by atoms with Crippen molar-refractivity contribution < 1.29 is 4.79 Å². The number of carbonyl (C=O) groups excluding carboxylic acids is 1. The molecule has 3 aromatic heterocycles. The number of nitrogens with one attached hydrogen (secondary N) is 1. The van der Waals surface area contributed by atoms with Crippen LogP contribution in [-0.4, -0.2) is 44.0 Å². The number of nitrogens with zero attached hydrogens (tertiary/aromatic N) is 5. The van der Waals surface area contributed by atoms with E-state index in [0.29, 0.717) is 40.7 Å². The molecule has 0 saturated carbocycles. The molecule has 1 aliphatic rings. The zero-order valence-corrected chi connectivity index (χ0v) is 19.6. The molecule has 1 saturated heterocycles. The van der Waals surface area contributed by atoms with E-state index in [2.05, 4.69) is 27.4 Å². The van der Waals surface area contributed by atoms with Gasteiger partial charge in [0.1, 0.15) is 11.4 Å². The molecule has 1 unspecified atom stereocenters. The first-order valence-corrected chi connectivity index (χ1v) is 12.0. The summed E-state index contributed by atoms with van der Waals surface area (Å²) in [4.78, 5) is 33.6. The average molecular weight is 473 g/mol. The fraction of sp³-hybridized carbons (Fsp3) is 0.138. The molecule has 6 rings (SSSR count). The van der Waals surface area contributed by atoms with Crippen molar-refractivity contribution in [3.63, 3.8) is 0 Å². The molecule has 1 aliphatic heterocycles. The number of benzene rings is 2. The second-order valence-electron chi connectivity index (χ2n) is 8.83. The third kappa shape index (κ3) is 4.38. The Balaban J connectivity index is 1.29. The summed E-state index contributed by atoms with van der Waals surface area (Å²) in [5.74, 6) is 0.366. The summed E-state index contributed by atoms with van der Waals surface area (Å²) in [6.07, 6.45) is 4.44. The van der Waals surface area contributed by atoms with Crippen LogP contribution < -0.4 is 5.32 Å². The number of anilines is 1. The van der Waals surface area contributed by atoms with Gasteiger partial charge >= 0.3 is 6.03 Å². The van der Waals surface area contributed by atoms with E-state index in [1.807, 2.05) is 77.7 Å². The highest BCUT2D eigenvalue weighted by Gasteiger charge is 2.27. The summed E-state index contributed by atoms with van der Waals surface area (Å²) < 4.78 is 0. The number of urea groups is 1. The molecular formula is C29H24N6O. The van der Waals surface area contributed by atoms with Gasteiger partial charge in [0.05, 0.1) is 22.4 Å². The van der Waals surface area contributed by atoms with Gasteiger partial charge < -0.3 is 10.2 Å². The van der Waals surface area contributed by atoms with Crippen molar-refractivity contribution in [3.8, 4) is 22.8 Å². The lowest BCUT2D eigenvalue weighted by atomic mass is 9.99. The lowest BCUT2D eigenvalue weighted by Gasteiger charge is -2.18. The van der Waals surface area contributed by atoms with Crippen LogP contribution in [0.3, 0.4) is 0 Å².